The number of aromatic hydroxyl groups is 1. The van der Waals surface area contributed by atoms with E-state index in [1.807, 2.05) is 31.2 Å². The number of carbonyl (C=O) groups is 1. The third-order valence-corrected chi connectivity index (χ3v) is 4.15. The predicted octanol–water partition coefficient (Wildman–Crippen LogP) is 3.64. The molecule has 2 aromatic rings. The van der Waals surface area contributed by atoms with Gasteiger partial charge >= 0.3 is 0 Å². The third-order valence-electron chi connectivity index (χ3n) is 3.50. The van der Waals surface area contributed by atoms with Crippen LogP contribution in [0.25, 0.3) is 0 Å². The van der Waals surface area contributed by atoms with Crippen LogP contribution in [0.4, 0.5) is 5.69 Å². The number of nitriles is 1. The van der Waals surface area contributed by atoms with E-state index in [4.69, 9.17) is 0 Å². The Morgan fingerprint density at radius 3 is 2.64 bits per heavy atom. The molecule has 0 heterocycles. The Hall–Kier alpha value is -2.78. The number of hydrogen-bond acceptors (Lipinski definition) is 4. The smallest absolute Gasteiger partial charge is 0.263 e. The molecule has 3 N–H and O–H groups in total. The fourth-order valence-corrected chi connectivity index (χ4v) is 2.72. The van der Waals surface area contributed by atoms with Gasteiger partial charge in [-0.3, -0.25) is 4.79 Å². The van der Waals surface area contributed by atoms with E-state index in [0.717, 1.165) is 21.3 Å². The number of benzene rings is 2. The summed E-state index contributed by atoms with van der Waals surface area (Å²) in [5.41, 5.74) is 2.87. The molecular weight excluding hydrogens is 382 g/mol. The molecular formula is C19H18BrN3O2. The lowest BCUT2D eigenvalue weighted by atomic mass is 10.1. The second-order valence-electron chi connectivity index (χ2n) is 5.47. The molecule has 5 nitrogen and oxygen atoms in total. The van der Waals surface area contributed by atoms with Crippen molar-refractivity contribution in [2.75, 3.05) is 11.9 Å². The quantitative estimate of drug-likeness (QED) is 0.511. The van der Waals surface area contributed by atoms with Gasteiger partial charge in [0.05, 0.1) is 5.69 Å². The summed E-state index contributed by atoms with van der Waals surface area (Å²) < 4.78 is 0.855. The van der Waals surface area contributed by atoms with E-state index < -0.39 is 5.91 Å². The van der Waals surface area contributed by atoms with Gasteiger partial charge in [-0.1, -0.05) is 18.2 Å². The van der Waals surface area contributed by atoms with E-state index in [-0.39, 0.29) is 11.3 Å². The van der Waals surface area contributed by atoms with Gasteiger partial charge in [0.25, 0.3) is 5.91 Å². The van der Waals surface area contributed by atoms with Gasteiger partial charge in [-0.05, 0) is 64.7 Å². The standard InChI is InChI=1S/C19H18BrN3O2/c1-13-2-7-18(17(20)10-13)23-12-15(11-21)19(25)22-9-8-14-3-5-16(24)6-4-14/h2-7,10,12,23-24H,8-9H2,1H3,(H,22,25)/b15-12-. The maximum Gasteiger partial charge on any atom is 0.263 e. The van der Waals surface area contributed by atoms with Crippen LogP contribution in [0.3, 0.4) is 0 Å². The van der Waals surface area contributed by atoms with Crippen molar-refractivity contribution < 1.29 is 9.90 Å². The minimum atomic E-state index is -0.433. The number of amides is 1. The third kappa shape index (κ3) is 5.66. The van der Waals surface area contributed by atoms with E-state index in [2.05, 4.69) is 26.6 Å². The van der Waals surface area contributed by atoms with Crippen molar-refractivity contribution in [3.8, 4) is 11.8 Å². The van der Waals surface area contributed by atoms with E-state index >= 15 is 0 Å². The average molecular weight is 400 g/mol. The number of nitrogens with zero attached hydrogens (tertiary/aromatic N) is 1. The summed E-state index contributed by atoms with van der Waals surface area (Å²) in [6, 6.07) is 14.4. The molecule has 0 radical (unpaired) electrons. The summed E-state index contributed by atoms with van der Waals surface area (Å²) in [5.74, 6) is -0.229. The Kier molecular flexibility index (Phi) is 6.61. The Bertz CT molecular complexity index is 824. The first kappa shape index (κ1) is 18.6. The van der Waals surface area contributed by atoms with E-state index in [1.165, 1.54) is 6.20 Å². The fraction of sp³-hybridized carbons (Fsp3) is 0.158. The second kappa shape index (κ2) is 8.90. The molecule has 0 aromatic heterocycles. The Morgan fingerprint density at radius 1 is 1.28 bits per heavy atom. The summed E-state index contributed by atoms with van der Waals surface area (Å²) in [5, 5.41) is 24.1. The molecule has 0 fully saturated rings. The topological polar surface area (TPSA) is 85.2 Å². The van der Waals surface area contributed by atoms with Crippen LogP contribution in [-0.2, 0) is 11.2 Å². The molecule has 0 unspecified atom stereocenters. The van der Waals surface area contributed by atoms with Gasteiger partial charge in [-0.25, -0.2) is 0 Å². The Morgan fingerprint density at radius 2 is 2.00 bits per heavy atom. The number of phenolic OH excluding ortho intramolecular Hbond substituents is 1. The Balaban J connectivity index is 1.91. The first-order valence-corrected chi connectivity index (χ1v) is 8.48. The van der Waals surface area contributed by atoms with Crippen molar-refractivity contribution in [1.82, 2.24) is 5.32 Å². The first-order valence-electron chi connectivity index (χ1n) is 7.68. The minimum Gasteiger partial charge on any atom is -0.508 e. The van der Waals surface area contributed by atoms with Crippen LogP contribution in [0.15, 0.2) is 58.7 Å². The molecule has 0 aliphatic carbocycles. The molecule has 6 heteroatoms. The lowest BCUT2D eigenvalue weighted by Crippen LogP contribution is -2.27. The summed E-state index contributed by atoms with van der Waals surface area (Å²) in [6.07, 6.45) is 2.01. The molecule has 0 saturated heterocycles. The highest BCUT2D eigenvalue weighted by Gasteiger charge is 2.08. The van der Waals surface area contributed by atoms with Gasteiger partial charge in [0.2, 0.25) is 0 Å². The molecule has 0 bridgehead atoms. The fourth-order valence-electron chi connectivity index (χ4n) is 2.11. The van der Waals surface area contributed by atoms with Crippen molar-refractivity contribution >= 4 is 27.5 Å². The first-order chi connectivity index (χ1) is 12.0. The lowest BCUT2D eigenvalue weighted by molar-refractivity contribution is -0.117. The van der Waals surface area contributed by atoms with Crippen molar-refractivity contribution in [3.63, 3.8) is 0 Å². The number of anilines is 1. The molecule has 2 aromatic carbocycles. The summed E-state index contributed by atoms with van der Waals surface area (Å²) in [4.78, 5) is 12.1. The Labute approximate surface area is 155 Å². The molecule has 0 aliphatic heterocycles. The molecule has 128 valence electrons. The van der Waals surface area contributed by atoms with Crippen LogP contribution in [-0.4, -0.2) is 17.6 Å². The van der Waals surface area contributed by atoms with Gasteiger partial charge in [0.1, 0.15) is 17.4 Å². The van der Waals surface area contributed by atoms with Crippen molar-refractivity contribution in [2.45, 2.75) is 13.3 Å². The van der Waals surface area contributed by atoms with Gasteiger partial charge in [0.15, 0.2) is 0 Å². The molecule has 0 saturated carbocycles. The average Bonchev–Trinajstić information content (AvgIpc) is 2.59. The second-order valence-corrected chi connectivity index (χ2v) is 6.32. The highest BCUT2D eigenvalue weighted by Crippen LogP contribution is 2.23. The maximum absolute atomic E-state index is 12.1. The van der Waals surface area contributed by atoms with Crippen LogP contribution in [0.1, 0.15) is 11.1 Å². The zero-order valence-corrected chi connectivity index (χ0v) is 15.3. The summed E-state index contributed by atoms with van der Waals surface area (Å²) in [6.45, 7) is 2.38. The van der Waals surface area contributed by atoms with Gasteiger partial charge in [0, 0.05) is 17.2 Å². The number of halogens is 1. The lowest BCUT2D eigenvalue weighted by Gasteiger charge is -2.07. The highest BCUT2D eigenvalue weighted by atomic mass is 79.9. The number of carbonyl (C=O) groups excluding carboxylic acids is 1. The van der Waals surface area contributed by atoms with Crippen molar-refractivity contribution in [1.29, 1.82) is 5.26 Å². The van der Waals surface area contributed by atoms with E-state index in [1.54, 1.807) is 24.3 Å². The van der Waals surface area contributed by atoms with Crippen molar-refractivity contribution in [3.05, 3.63) is 69.8 Å². The molecule has 0 spiro atoms. The monoisotopic (exact) mass is 399 g/mol. The van der Waals surface area contributed by atoms with Crippen LogP contribution in [0.5, 0.6) is 5.75 Å². The molecule has 1 amide bonds. The zero-order valence-electron chi connectivity index (χ0n) is 13.7. The van der Waals surface area contributed by atoms with Crippen LogP contribution in [0, 0.1) is 18.3 Å². The normalized spacial score (nSPS) is 10.8. The van der Waals surface area contributed by atoms with Gasteiger partial charge in [-0.15, -0.1) is 0 Å². The molecule has 0 atom stereocenters. The number of nitrogens with one attached hydrogen (secondary N) is 2. The largest absolute Gasteiger partial charge is 0.508 e. The SMILES string of the molecule is Cc1ccc(N/C=C(/C#N)C(=O)NCCc2ccc(O)cc2)c(Br)c1. The summed E-state index contributed by atoms with van der Waals surface area (Å²) in [7, 11) is 0. The molecule has 2 rings (SSSR count). The number of hydrogen-bond donors (Lipinski definition) is 3. The van der Waals surface area contributed by atoms with E-state index in [0.29, 0.717) is 13.0 Å². The minimum absolute atomic E-state index is 0.00168. The number of aryl methyl sites for hydroxylation is 1. The molecule has 0 aliphatic rings. The highest BCUT2D eigenvalue weighted by molar-refractivity contribution is 9.10. The molecule has 25 heavy (non-hydrogen) atoms. The predicted molar refractivity (Wildman–Crippen MR) is 101 cm³/mol. The number of phenols is 1. The summed E-state index contributed by atoms with van der Waals surface area (Å²) >= 11 is 3.44. The zero-order chi connectivity index (χ0) is 18.2. The van der Waals surface area contributed by atoms with Crippen molar-refractivity contribution in [2.24, 2.45) is 0 Å². The maximum atomic E-state index is 12.1. The van der Waals surface area contributed by atoms with E-state index in [9.17, 15) is 15.2 Å². The van der Waals surface area contributed by atoms with Crippen LogP contribution in [0.2, 0.25) is 0 Å². The van der Waals surface area contributed by atoms with Crippen LogP contribution >= 0.6 is 15.9 Å². The van der Waals surface area contributed by atoms with Gasteiger partial charge < -0.3 is 15.7 Å². The van der Waals surface area contributed by atoms with Gasteiger partial charge in [-0.2, -0.15) is 5.26 Å². The number of rotatable bonds is 6. The van der Waals surface area contributed by atoms with Crippen LogP contribution < -0.4 is 10.6 Å².